The van der Waals surface area contributed by atoms with E-state index in [2.05, 4.69) is 10.1 Å². The number of ether oxygens (including phenoxy) is 1. The number of amides is 1. The van der Waals surface area contributed by atoms with Gasteiger partial charge in [0.15, 0.2) is 0 Å². The first-order chi connectivity index (χ1) is 10.8. The Labute approximate surface area is 141 Å². The van der Waals surface area contributed by atoms with Crippen LogP contribution in [0.15, 0.2) is 18.2 Å². The van der Waals surface area contributed by atoms with Crippen molar-refractivity contribution in [1.29, 1.82) is 0 Å². The van der Waals surface area contributed by atoms with Gasteiger partial charge in [-0.05, 0) is 24.1 Å². The number of methoxy groups -OCH3 is 1. The summed E-state index contributed by atoms with van der Waals surface area (Å²) < 4.78 is 4.65. The summed E-state index contributed by atoms with van der Waals surface area (Å²) in [6, 6.07) is 4.65. The van der Waals surface area contributed by atoms with E-state index in [9.17, 15) is 14.7 Å². The molecular weight excluding hydrogens is 320 g/mol. The molecule has 128 valence electrons. The van der Waals surface area contributed by atoms with Gasteiger partial charge >= 0.3 is 5.97 Å². The van der Waals surface area contributed by atoms with Crippen LogP contribution in [0.2, 0.25) is 5.02 Å². The number of phenols is 1. The van der Waals surface area contributed by atoms with Gasteiger partial charge in [-0.3, -0.25) is 14.5 Å². The number of hydrogen-bond acceptors (Lipinski definition) is 5. The zero-order chi connectivity index (χ0) is 17.4. The van der Waals surface area contributed by atoms with E-state index >= 15 is 0 Å². The first-order valence-electron chi connectivity index (χ1n) is 7.35. The highest BCUT2D eigenvalue weighted by Gasteiger charge is 2.17. The third-order valence-corrected chi connectivity index (χ3v) is 3.33. The SMILES string of the molecule is COC(=O)CN(CC(=O)NCC(C)C)Cc1cc(Cl)ccc1O. The van der Waals surface area contributed by atoms with Crippen molar-refractivity contribution in [2.75, 3.05) is 26.7 Å². The van der Waals surface area contributed by atoms with Crippen LogP contribution in [0.5, 0.6) is 5.75 Å². The van der Waals surface area contributed by atoms with Gasteiger partial charge in [-0.15, -0.1) is 0 Å². The second kappa shape index (κ2) is 9.37. The van der Waals surface area contributed by atoms with Gasteiger partial charge in [0.25, 0.3) is 0 Å². The van der Waals surface area contributed by atoms with E-state index in [0.29, 0.717) is 23.0 Å². The van der Waals surface area contributed by atoms with Crippen molar-refractivity contribution in [2.45, 2.75) is 20.4 Å². The van der Waals surface area contributed by atoms with E-state index in [1.54, 1.807) is 17.0 Å². The number of esters is 1. The van der Waals surface area contributed by atoms with Crippen LogP contribution in [-0.4, -0.2) is 48.6 Å². The largest absolute Gasteiger partial charge is 0.508 e. The summed E-state index contributed by atoms with van der Waals surface area (Å²) in [5.41, 5.74) is 0.540. The van der Waals surface area contributed by atoms with Crippen molar-refractivity contribution < 1.29 is 19.4 Å². The third-order valence-electron chi connectivity index (χ3n) is 3.09. The van der Waals surface area contributed by atoms with Crippen LogP contribution >= 0.6 is 11.6 Å². The lowest BCUT2D eigenvalue weighted by Crippen LogP contribution is -2.40. The zero-order valence-corrected chi connectivity index (χ0v) is 14.4. The second-order valence-corrected chi connectivity index (χ2v) is 6.13. The second-order valence-electron chi connectivity index (χ2n) is 5.69. The van der Waals surface area contributed by atoms with Crippen LogP contribution in [0, 0.1) is 5.92 Å². The Morgan fingerprint density at radius 1 is 1.35 bits per heavy atom. The minimum absolute atomic E-state index is 0.0216. The maximum atomic E-state index is 12.0. The molecule has 0 spiro atoms. The first kappa shape index (κ1) is 19.3. The lowest BCUT2D eigenvalue weighted by atomic mass is 10.2. The van der Waals surface area contributed by atoms with Crippen molar-refractivity contribution >= 4 is 23.5 Å². The van der Waals surface area contributed by atoms with Crippen LogP contribution in [0.4, 0.5) is 0 Å². The summed E-state index contributed by atoms with van der Waals surface area (Å²) in [4.78, 5) is 25.1. The maximum absolute atomic E-state index is 12.0. The van der Waals surface area contributed by atoms with Gasteiger partial charge in [0, 0.05) is 23.7 Å². The molecule has 0 atom stereocenters. The molecule has 1 aromatic carbocycles. The Morgan fingerprint density at radius 3 is 2.65 bits per heavy atom. The Balaban J connectivity index is 2.77. The lowest BCUT2D eigenvalue weighted by Gasteiger charge is -2.21. The minimum Gasteiger partial charge on any atom is -0.508 e. The predicted octanol–water partition coefficient (Wildman–Crippen LogP) is 1.79. The van der Waals surface area contributed by atoms with Crippen molar-refractivity contribution in [2.24, 2.45) is 5.92 Å². The fourth-order valence-electron chi connectivity index (χ4n) is 1.91. The van der Waals surface area contributed by atoms with E-state index in [-0.39, 0.29) is 31.3 Å². The Bertz CT molecular complexity index is 549. The number of aromatic hydroxyl groups is 1. The van der Waals surface area contributed by atoms with Gasteiger partial charge in [0.2, 0.25) is 5.91 Å². The third kappa shape index (κ3) is 7.34. The molecule has 2 N–H and O–H groups in total. The van der Waals surface area contributed by atoms with Crippen molar-refractivity contribution in [3.05, 3.63) is 28.8 Å². The molecule has 6 nitrogen and oxygen atoms in total. The van der Waals surface area contributed by atoms with Gasteiger partial charge in [-0.1, -0.05) is 25.4 Å². The summed E-state index contributed by atoms with van der Waals surface area (Å²) in [6.07, 6.45) is 0. The Morgan fingerprint density at radius 2 is 2.04 bits per heavy atom. The Kier molecular flexibility index (Phi) is 7.85. The maximum Gasteiger partial charge on any atom is 0.319 e. The average Bonchev–Trinajstić information content (AvgIpc) is 2.48. The van der Waals surface area contributed by atoms with Crippen LogP contribution < -0.4 is 5.32 Å². The summed E-state index contributed by atoms with van der Waals surface area (Å²) in [5.74, 6) is -0.246. The number of phenolic OH excluding ortho intramolecular Hbond substituents is 1. The number of halogens is 1. The normalized spacial score (nSPS) is 10.9. The summed E-state index contributed by atoms with van der Waals surface area (Å²) in [6.45, 7) is 4.72. The lowest BCUT2D eigenvalue weighted by molar-refractivity contribution is -0.142. The molecular formula is C16H23ClN2O4. The molecule has 7 heteroatoms. The van der Waals surface area contributed by atoms with Crippen molar-refractivity contribution in [3.8, 4) is 5.75 Å². The van der Waals surface area contributed by atoms with Crippen LogP contribution in [0.3, 0.4) is 0 Å². The molecule has 23 heavy (non-hydrogen) atoms. The molecule has 0 heterocycles. The predicted molar refractivity (Wildman–Crippen MR) is 88.3 cm³/mol. The molecule has 0 bridgehead atoms. The summed E-state index contributed by atoms with van der Waals surface area (Å²) >= 11 is 5.92. The summed E-state index contributed by atoms with van der Waals surface area (Å²) in [7, 11) is 1.29. The van der Waals surface area contributed by atoms with E-state index in [1.165, 1.54) is 13.2 Å². The van der Waals surface area contributed by atoms with E-state index in [1.807, 2.05) is 13.8 Å². The molecule has 1 amide bonds. The average molecular weight is 343 g/mol. The van der Waals surface area contributed by atoms with Crippen molar-refractivity contribution in [3.63, 3.8) is 0 Å². The molecule has 1 rings (SSSR count). The van der Waals surface area contributed by atoms with Crippen LogP contribution in [0.25, 0.3) is 0 Å². The molecule has 1 aromatic rings. The van der Waals surface area contributed by atoms with Crippen LogP contribution in [0.1, 0.15) is 19.4 Å². The number of benzene rings is 1. The number of rotatable bonds is 8. The highest BCUT2D eigenvalue weighted by Crippen LogP contribution is 2.22. The zero-order valence-electron chi connectivity index (χ0n) is 13.6. The minimum atomic E-state index is -0.455. The molecule has 0 aliphatic rings. The number of carbonyl (C=O) groups excluding carboxylic acids is 2. The quantitative estimate of drug-likeness (QED) is 0.704. The molecule has 0 aromatic heterocycles. The topological polar surface area (TPSA) is 78.9 Å². The van der Waals surface area contributed by atoms with E-state index < -0.39 is 5.97 Å². The van der Waals surface area contributed by atoms with Gasteiger partial charge in [-0.2, -0.15) is 0 Å². The van der Waals surface area contributed by atoms with E-state index in [4.69, 9.17) is 11.6 Å². The highest BCUT2D eigenvalue weighted by atomic mass is 35.5. The first-order valence-corrected chi connectivity index (χ1v) is 7.73. The van der Waals surface area contributed by atoms with Crippen molar-refractivity contribution in [1.82, 2.24) is 10.2 Å². The Hall–Kier alpha value is -1.79. The number of carbonyl (C=O) groups is 2. The standard InChI is InChI=1S/C16H23ClN2O4/c1-11(2)7-18-15(21)9-19(10-16(22)23-3)8-12-6-13(17)4-5-14(12)20/h4-6,11,20H,7-10H2,1-3H3,(H,18,21). The number of nitrogens with zero attached hydrogens (tertiary/aromatic N) is 1. The smallest absolute Gasteiger partial charge is 0.319 e. The fourth-order valence-corrected chi connectivity index (χ4v) is 2.11. The molecule has 0 saturated carbocycles. The number of hydrogen-bond donors (Lipinski definition) is 2. The molecule has 0 fully saturated rings. The molecule has 0 radical (unpaired) electrons. The summed E-state index contributed by atoms with van der Waals surface area (Å²) in [5, 5.41) is 13.2. The molecule has 0 saturated heterocycles. The van der Waals surface area contributed by atoms with Gasteiger partial charge in [-0.25, -0.2) is 0 Å². The highest BCUT2D eigenvalue weighted by molar-refractivity contribution is 6.30. The van der Waals surface area contributed by atoms with Gasteiger partial charge < -0.3 is 15.2 Å². The monoisotopic (exact) mass is 342 g/mol. The fraction of sp³-hybridized carbons (Fsp3) is 0.500. The molecule has 0 aliphatic heterocycles. The van der Waals surface area contributed by atoms with E-state index in [0.717, 1.165) is 0 Å². The van der Waals surface area contributed by atoms with Gasteiger partial charge in [0.1, 0.15) is 5.75 Å². The van der Waals surface area contributed by atoms with Crippen LogP contribution in [-0.2, 0) is 20.9 Å². The van der Waals surface area contributed by atoms with Gasteiger partial charge in [0.05, 0.1) is 20.2 Å². The molecule has 0 aliphatic carbocycles. The number of nitrogens with one attached hydrogen (secondary N) is 1. The molecule has 0 unspecified atom stereocenters.